The molecule has 0 bridgehead atoms. The molecule has 15 nitrogen and oxygen atoms in total. The number of fused-ring (bicyclic) bond motifs is 3. The Morgan fingerprint density at radius 3 is 2.14 bits per heavy atom. The second-order valence-corrected chi connectivity index (χ2v) is 15.3. The minimum Gasteiger partial charge on any atom is -0.450 e. The van der Waals surface area contributed by atoms with Crippen molar-refractivity contribution in [3.05, 3.63) is 0 Å². The number of β-amino-alcohol motifs (C(OH)–C–C–N with tert-alkyl or cyclic N) is 1. The van der Waals surface area contributed by atoms with Crippen molar-refractivity contribution in [1.82, 2.24) is 36.0 Å². The number of amides is 5. The van der Waals surface area contributed by atoms with Gasteiger partial charge in [0.15, 0.2) is 6.10 Å². The predicted octanol–water partition coefficient (Wildman–Crippen LogP) is 0.142. The van der Waals surface area contributed by atoms with Gasteiger partial charge in [-0.2, -0.15) is 0 Å². The molecule has 276 valence electrons. The summed E-state index contributed by atoms with van der Waals surface area (Å²) in [7, 11) is 1.50. The number of hydrogen-bond acceptors (Lipinski definition) is 10. The highest BCUT2D eigenvalue weighted by atomic mass is 35.5. The number of rotatable bonds is 5. The number of likely N-dealkylation sites (N-methyl/N-ethyl adjacent to an activating group) is 1. The summed E-state index contributed by atoms with van der Waals surface area (Å²) in [6, 6.07) is -5.39. The molecule has 0 aromatic carbocycles. The molecule has 5 amide bonds. The number of hydrazine groups is 2. The number of nitrogens with one attached hydrogen (secondary N) is 3. The molecule has 0 spiro atoms. The van der Waals surface area contributed by atoms with E-state index in [9.17, 15) is 33.9 Å². The Kier molecular flexibility index (Phi) is 12.9. The van der Waals surface area contributed by atoms with Crippen molar-refractivity contribution in [3.63, 3.8) is 0 Å². The van der Waals surface area contributed by atoms with Crippen LogP contribution in [0.25, 0.3) is 0 Å². The number of alkyl halides is 1. The number of carbonyl (C=O) groups excluding carboxylic acids is 6. The Morgan fingerprint density at radius 2 is 1.51 bits per heavy atom. The second-order valence-electron chi connectivity index (χ2n) is 14.7. The summed E-state index contributed by atoms with van der Waals surface area (Å²) in [5.74, 6) is -4.52. The quantitative estimate of drug-likeness (QED) is 0.226. The maximum absolute atomic E-state index is 14.4. The highest BCUT2D eigenvalue weighted by molar-refractivity contribution is 6.21. The summed E-state index contributed by atoms with van der Waals surface area (Å²) < 4.78 is 5.88. The molecule has 0 aromatic heterocycles. The normalized spacial score (nSPS) is 33.5. The molecule has 4 aliphatic heterocycles. The molecule has 1 unspecified atom stereocenters. The zero-order valence-corrected chi connectivity index (χ0v) is 30.4. The SMILES string of the molecule is CCC(C)[C@H]1NC(=O)[C@@H]2CCCN2C(=O)[C@@H](CC(C)C)N(C)C(=O)[C@@H]2C[C@H](O)CNN2C(=O)[C@H]2C[C@H](Cl)CNN2C(=O)[C@H](C(C)C)OC1=O. The number of aliphatic hydroxyl groups excluding tert-OH is 1. The van der Waals surface area contributed by atoms with Gasteiger partial charge in [0.05, 0.1) is 11.5 Å². The maximum Gasteiger partial charge on any atom is 0.329 e. The molecule has 4 fully saturated rings. The van der Waals surface area contributed by atoms with Crippen molar-refractivity contribution in [2.75, 3.05) is 26.7 Å². The van der Waals surface area contributed by atoms with Crippen LogP contribution in [-0.4, -0.2) is 135 Å². The largest absolute Gasteiger partial charge is 0.450 e. The zero-order chi connectivity index (χ0) is 36.3. The Morgan fingerprint density at radius 1 is 0.878 bits per heavy atom. The standard InChI is InChI=1S/C33H54ClN7O8/c1-8-19(6)26-33(48)49-27(18(4)5)32(47)41-24(13-20(34)15-35-41)31(46)40-25(14-21(42)16-36-40)29(44)38(7)23(12-17(2)3)30(45)39-11-9-10-22(39)28(43)37-26/h17-27,35-36,42H,8-16H2,1-7H3,(H,37,43)/t19?,20-,21-,22-,23+,24+,25-,26+,27-/m0/s1. The summed E-state index contributed by atoms with van der Waals surface area (Å²) in [6.07, 6.45) is -0.672. The second kappa shape index (κ2) is 16.3. The van der Waals surface area contributed by atoms with Crippen molar-refractivity contribution >= 4 is 47.1 Å². The number of nitrogens with zero attached hydrogens (tertiary/aromatic N) is 4. The average Bonchev–Trinajstić information content (AvgIpc) is 3.56. The summed E-state index contributed by atoms with van der Waals surface area (Å²) in [5, 5.41) is 15.2. The number of esters is 1. The lowest BCUT2D eigenvalue weighted by molar-refractivity contribution is -0.175. The van der Waals surface area contributed by atoms with E-state index in [1.165, 1.54) is 16.8 Å². The van der Waals surface area contributed by atoms with E-state index in [1.54, 1.807) is 20.8 Å². The van der Waals surface area contributed by atoms with Crippen molar-refractivity contribution in [1.29, 1.82) is 0 Å². The van der Waals surface area contributed by atoms with Crippen LogP contribution in [0, 0.1) is 17.8 Å². The molecule has 4 rings (SSSR count). The van der Waals surface area contributed by atoms with Crippen molar-refractivity contribution < 1.29 is 38.6 Å². The van der Waals surface area contributed by atoms with Gasteiger partial charge in [0.1, 0.15) is 30.2 Å². The minimum absolute atomic E-state index is 0.0169. The van der Waals surface area contributed by atoms with E-state index in [4.69, 9.17) is 16.3 Å². The minimum atomic E-state index is -1.33. The summed E-state index contributed by atoms with van der Waals surface area (Å²) >= 11 is 6.51. The molecular weight excluding hydrogens is 658 g/mol. The van der Waals surface area contributed by atoms with Gasteiger partial charge in [-0.25, -0.2) is 15.6 Å². The van der Waals surface area contributed by atoms with Crippen LogP contribution in [-0.2, 0) is 33.5 Å². The Labute approximate surface area is 293 Å². The van der Waals surface area contributed by atoms with E-state index in [0.717, 1.165) is 10.0 Å². The van der Waals surface area contributed by atoms with Crippen LogP contribution in [0.3, 0.4) is 0 Å². The first-order valence-electron chi connectivity index (χ1n) is 17.6. The van der Waals surface area contributed by atoms with Gasteiger partial charge in [0, 0.05) is 33.1 Å². The fraction of sp³-hybridized carbons (Fsp3) is 0.818. The molecule has 0 aromatic rings. The van der Waals surface area contributed by atoms with Gasteiger partial charge in [-0.3, -0.25) is 34.0 Å². The van der Waals surface area contributed by atoms with Crippen molar-refractivity contribution in [2.45, 2.75) is 128 Å². The third-order valence-corrected chi connectivity index (χ3v) is 10.4. The van der Waals surface area contributed by atoms with Gasteiger partial charge in [-0.05, 0) is 43.4 Å². The third-order valence-electron chi connectivity index (χ3n) is 10.1. The number of cyclic esters (lactones) is 1. The molecule has 49 heavy (non-hydrogen) atoms. The third kappa shape index (κ3) is 8.49. The first kappa shape index (κ1) is 38.8. The zero-order valence-electron chi connectivity index (χ0n) is 29.7. The molecule has 9 atom stereocenters. The summed E-state index contributed by atoms with van der Waals surface area (Å²) in [5.41, 5.74) is 5.80. The van der Waals surface area contributed by atoms with E-state index in [2.05, 4.69) is 16.2 Å². The molecule has 4 aliphatic rings. The van der Waals surface area contributed by atoms with Crippen LogP contribution in [0.5, 0.6) is 0 Å². The highest BCUT2D eigenvalue weighted by Crippen LogP contribution is 2.28. The molecule has 0 radical (unpaired) electrons. The number of aliphatic hydroxyl groups is 1. The molecule has 4 N–H and O–H groups in total. The number of ether oxygens (including phenoxy) is 1. The van der Waals surface area contributed by atoms with Gasteiger partial charge < -0.3 is 25.0 Å². The van der Waals surface area contributed by atoms with E-state index >= 15 is 0 Å². The summed E-state index contributed by atoms with van der Waals surface area (Å²) in [6.45, 7) is 11.3. The van der Waals surface area contributed by atoms with Gasteiger partial charge in [0.2, 0.25) is 17.7 Å². The molecule has 4 heterocycles. The van der Waals surface area contributed by atoms with E-state index in [0.29, 0.717) is 19.3 Å². The summed E-state index contributed by atoms with van der Waals surface area (Å²) in [4.78, 5) is 87.7. The first-order valence-corrected chi connectivity index (χ1v) is 18.0. The first-order chi connectivity index (χ1) is 23.1. The number of halogens is 1. The van der Waals surface area contributed by atoms with Crippen LogP contribution in [0.1, 0.15) is 80.1 Å². The fourth-order valence-corrected chi connectivity index (χ4v) is 7.26. The maximum atomic E-state index is 14.4. The molecule has 0 aliphatic carbocycles. The molecule has 16 heteroatoms. The van der Waals surface area contributed by atoms with Gasteiger partial charge in [0.25, 0.3) is 11.8 Å². The predicted molar refractivity (Wildman–Crippen MR) is 179 cm³/mol. The van der Waals surface area contributed by atoms with Crippen LogP contribution in [0.4, 0.5) is 0 Å². The number of hydrogen-bond donors (Lipinski definition) is 4. The van der Waals surface area contributed by atoms with E-state index in [-0.39, 0.29) is 50.7 Å². The average molecular weight is 712 g/mol. The van der Waals surface area contributed by atoms with Crippen molar-refractivity contribution in [3.8, 4) is 0 Å². The Bertz CT molecular complexity index is 1270. The van der Waals surface area contributed by atoms with Gasteiger partial charge in [-0.1, -0.05) is 48.0 Å². The van der Waals surface area contributed by atoms with E-state index < -0.39 is 89.2 Å². The smallest absolute Gasteiger partial charge is 0.329 e. The van der Waals surface area contributed by atoms with E-state index in [1.807, 2.05) is 20.8 Å². The lowest BCUT2D eigenvalue weighted by atomic mass is 9.96. The van der Waals surface area contributed by atoms with Crippen LogP contribution < -0.4 is 16.2 Å². The monoisotopic (exact) mass is 711 g/mol. The number of carbonyl (C=O) groups is 6. The van der Waals surface area contributed by atoms with Gasteiger partial charge >= 0.3 is 5.97 Å². The molecule has 4 saturated heterocycles. The highest BCUT2D eigenvalue weighted by Gasteiger charge is 2.49. The molecule has 0 saturated carbocycles. The topological polar surface area (TPSA) is 181 Å². The molecular formula is C33H54ClN7O8. The van der Waals surface area contributed by atoms with Crippen LogP contribution >= 0.6 is 11.6 Å². The lowest BCUT2D eigenvalue weighted by Crippen LogP contribution is -2.70. The fourth-order valence-electron chi connectivity index (χ4n) is 7.03. The van der Waals surface area contributed by atoms with Gasteiger partial charge in [-0.15, -0.1) is 11.6 Å². The van der Waals surface area contributed by atoms with Crippen LogP contribution in [0.15, 0.2) is 0 Å². The Balaban J connectivity index is 1.83. The Hall–Kier alpha value is -3.01. The van der Waals surface area contributed by atoms with Crippen LogP contribution in [0.2, 0.25) is 0 Å². The van der Waals surface area contributed by atoms with Crippen molar-refractivity contribution in [2.24, 2.45) is 17.8 Å². The lowest BCUT2D eigenvalue weighted by Gasteiger charge is -2.45.